The summed E-state index contributed by atoms with van der Waals surface area (Å²) in [5.74, 6) is -2.11. The van der Waals surface area contributed by atoms with Crippen molar-refractivity contribution in [3.8, 4) is 0 Å². The third kappa shape index (κ3) is 1.75. The van der Waals surface area contributed by atoms with Crippen LogP contribution in [0.1, 0.15) is 10.5 Å². The monoisotopic (exact) mass is 213 g/mol. The summed E-state index contributed by atoms with van der Waals surface area (Å²) < 4.78 is 0. The molecule has 1 aromatic heterocycles. The van der Waals surface area contributed by atoms with Crippen LogP contribution in [0.5, 0.6) is 0 Å². The number of aromatic nitrogens is 3. The highest BCUT2D eigenvalue weighted by Crippen LogP contribution is 2.09. The molecule has 0 radical (unpaired) electrons. The molecule has 1 amide bonds. The Hall–Kier alpha value is -2.45. The smallest absolute Gasteiger partial charge is 0.571 e. The minimum absolute atomic E-state index is 0.0579. The lowest BCUT2D eigenvalue weighted by Crippen LogP contribution is -2.39. The topological polar surface area (TPSA) is 131 Å². The number of carbonyl (C=O) groups is 1. The number of rotatable bonds is 4. The van der Waals surface area contributed by atoms with Crippen LogP contribution < -0.4 is 10.6 Å². The lowest BCUT2D eigenvalue weighted by molar-refractivity contribution is -0.735. The van der Waals surface area contributed by atoms with E-state index in [1.54, 1.807) is 0 Å². The third-order valence-electron chi connectivity index (χ3n) is 1.52. The van der Waals surface area contributed by atoms with Gasteiger partial charge in [0.2, 0.25) is 0 Å². The number of allylic oxidation sites excluding steroid dienone is 1. The predicted molar refractivity (Wildman–Crippen MR) is 46.6 cm³/mol. The summed E-state index contributed by atoms with van der Waals surface area (Å²) in [6, 6.07) is 0. The normalized spacial score (nSPS) is 9.87. The molecule has 0 saturated heterocycles. The summed E-state index contributed by atoms with van der Waals surface area (Å²) in [5, 5.41) is 25.1. The van der Waals surface area contributed by atoms with E-state index >= 15 is 0 Å². The van der Waals surface area contributed by atoms with Crippen LogP contribution in [0, 0.1) is 15.3 Å². The Morgan fingerprint density at radius 2 is 2.40 bits per heavy atom. The van der Waals surface area contributed by atoms with Gasteiger partial charge in [0.1, 0.15) is 11.5 Å². The number of hydrogen-bond donors (Lipinski definition) is 1. The van der Waals surface area contributed by atoms with Crippen LogP contribution in [0.3, 0.4) is 0 Å². The molecule has 0 aliphatic carbocycles. The van der Waals surface area contributed by atoms with Gasteiger partial charge in [-0.15, -0.1) is 6.58 Å². The van der Waals surface area contributed by atoms with E-state index in [0.717, 1.165) is 0 Å². The van der Waals surface area contributed by atoms with Gasteiger partial charge < -0.3 is 10.9 Å². The first-order chi connectivity index (χ1) is 6.99. The number of hydrogen-bond acceptors (Lipinski definition) is 5. The van der Waals surface area contributed by atoms with Crippen LogP contribution in [0.4, 0.5) is 5.82 Å². The van der Waals surface area contributed by atoms with E-state index in [1.807, 2.05) is 0 Å². The lowest BCUT2D eigenvalue weighted by Gasteiger charge is -1.94. The van der Waals surface area contributed by atoms with Crippen LogP contribution in [0.2, 0.25) is 0 Å². The van der Waals surface area contributed by atoms with Crippen molar-refractivity contribution in [3.05, 3.63) is 33.7 Å². The summed E-state index contributed by atoms with van der Waals surface area (Å²) in [5.41, 5.74) is 4.16. The third-order valence-corrected chi connectivity index (χ3v) is 1.52. The summed E-state index contributed by atoms with van der Waals surface area (Å²) in [6.45, 7) is 3.27. The number of primary amides is 1. The van der Waals surface area contributed by atoms with Crippen molar-refractivity contribution >= 4 is 11.7 Å². The molecule has 0 fully saturated rings. The SMILES string of the molecule is C=CCn1nc(C(N)=O)c([N+](=O)[O-])[n+]1[O-]. The number of nitrogens with two attached hydrogens (primary N) is 1. The molecular formula is C6H7N5O4. The van der Waals surface area contributed by atoms with Gasteiger partial charge in [-0.25, -0.2) is 0 Å². The number of nitro groups is 1. The van der Waals surface area contributed by atoms with E-state index in [0.29, 0.717) is 4.80 Å². The van der Waals surface area contributed by atoms with Crippen molar-refractivity contribution in [2.24, 2.45) is 5.73 Å². The molecule has 15 heavy (non-hydrogen) atoms. The molecule has 0 aliphatic heterocycles. The van der Waals surface area contributed by atoms with Crippen LogP contribution in [-0.2, 0) is 6.54 Å². The molecule has 1 heterocycles. The fraction of sp³-hybridized carbons (Fsp3) is 0.167. The zero-order chi connectivity index (χ0) is 11.6. The molecule has 1 aromatic rings. The Balaban J connectivity index is 3.38. The second kappa shape index (κ2) is 3.74. The maximum absolute atomic E-state index is 11.2. The molecule has 0 unspecified atom stereocenters. The summed E-state index contributed by atoms with van der Waals surface area (Å²) in [6.07, 6.45) is 1.30. The lowest BCUT2D eigenvalue weighted by atomic mass is 10.4. The van der Waals surface area contributed by atoms with Crippen LogP contribution in [-0.4, -0.2) is 20.7 Å². The van der Waals surface area contributed by atoms with Gasteiger partial charge in [0, 0.05) is 4.85 Å². The first-order valence-corrected chi connectivity index (χ1v) is 3.74. The molecule has 0 saturated carbocycles. The fourth-order valence-electron chi connectivity index (χ4n) is 0.947. The minimum atomic E-state index is -1.13. The minimum Gasteiger partial charge on any atom is -0.590 e. The highest BCUT2D eigenvalue weighted by molar-refractivity contribution is 5.93. The molecule has 0 bridgehead atoms. The van der Waals surface area contributed by atoms with Crippen molar-refractivity contribution in [3.63, 3.8) is 0 Å². The second-order valence-corrected chi connectivity index (χ2v) is 2.51. The van der Waals surface area contributed by atoms with E-state index in [-0.39, 0.29) is 11.4 Å². The van der Waals surface area contributed by atoms with Gasteiger partial charge in [-0.3, -0.25) is 14.9 Å². The van der Waals surface area contributed by atoms with E-state index in [1.165, 1.54) is 6.08 Å². The van der Waals surface area contributed by atoms with Crippen LogP contribution in [0.15, 0.2) is 12.7 Å². The van der Waals surface area contributed by atoms with Gasteiger partial charge in [0.05, 0.1) is 0 Å². The van der Waals surface area contributed by atoms with Gasteiger partial charge in [-0.05, 0) is 4.80 Å². The Kier molecular flexibility index (Phi) is 2.65. The first-order valence-electron chi connectivity index (χ1n) is 3.74. The molecule has 0 spiro atoms. The van der Waals surface area contributed by atoms with Gasteiger partial charge in [0.25, 0.3) is 5.91 Å². The Morgan fingerprint density at radius 3 is 2.73 bits per heavy atom. The molecule has 80 valence electrons. The Bertz CT molecular complexity index is 437. The van der Waals surface area contributed by atoms with Crippen molar-refractivity contribution in [1.29, 1.82) is 0 Å². The predicted octanol–water partition coefficient (Wildman–Crippen LogP) is -1.29. The summed E-state index contributed by atoms with van der Waals surface area (Å²) in [7, 11) is 0. The van der Waals surface area contributed by atoms with E-state index in [9.17, 15) is 20.1 Å². The van der Waals surface area contributed by atoms with E-state index < -0.39 is 22.3 Å². The number of carbonyl (C=O) groups excluding carboxylic acids is 1. The molecule has 0 aliphatic rings. The highest BCUT2D eigenvalue weighted by Gasteiger charge is 2.36. The molecule has 1 rings (SSSR count). The summed E-state index contributed by atoms with van der Waals surface area (Å²) >= 11 is 0. The Labute approximate surface area is 83.1 Å². The van der Waals surface area contributed by atoms with Gasteiger partial charge >= 0.3 is 11.5 Å². The zero-order valence-electron chi connectivity index (χ0n) is 7.49. The quantitative estimate of drug-likeness (QED) is 0.218. The summed E-state index contributed by atoms with van der Waals surface area (Å²) in [4.78, 5) is 20.8. The van der Waals surface area contributed by atoms with Crippen molar-refractivity contribution in [1.82, 2.24) is 9.90 Å². The van der Waals surface area contributed by atoms with Gasteiger partial charge in [0.15, 0.2) is 0 Å². The Morgan fingerprint density at radius 1 is 1.80 bits per heavy atom. The zero-order valence-corrected chi connectivity index (χ0v) is 7.49. The second-order valence-electron chi connectivity index (χ2n) is 2.51. The molecule has 0 atom stereocenters. The van der Waals surface area contributed by atoms with Crippen molar-refractivity contribution in [2.75, 3.05) is 0 Å². The highest BCUT2D eigenvalue weighted by atomic mass is 16.6. The average Bonchev–Trinajstić information content (AvgIpc) is 2.44. The van der Waals surface area contributed by atoms with Crippen molar-refractivity contribution in [2.45, 2.75) is 6.54 Å². The van der Waals surface area contributed by atoms with Crippen LogP contribution in [0.25, 0.3) is 0 Å². The maximum Gasteiger partial charge on any atom is 0.571 e. The molecule has 2 N–H and O–H groups in total. The standard InChI is InChI=1S/C6H7N5O4/c1-2-3-9-8-4(5(7)12)6(10(9)13)11(14)15/h2H,1,3H2,(H2,7,12). The largest absolute Gasteiger partial charge is 0.590 e. The first kappa shape index (κ1) is 10.6. The molecule has 0 aromatic carbocycles. The van der Waals surface area contributed by atoms with Crippen molar-refractivity contribution < 1.29 is 14.6 Å². The average molecular weight is 213 g/mol. The number of amides is 1. The van der Waals surface area contributed by atoms with Crippen LogP contribution >= 0.6 is 0 Å². The molecular weight excluding hydrogens is 206 g/mol. The van der Waals surface area contributed by atoms with Gasteiger partial charge in [-0.2, -0.15) is 0 Å². The van der Waals surface area contributed by atoms with E-state index in [4.69, 9.17) is 5.73 Å². The molecule has 9 nitrogen and oxygen atoms in total. The van der Waals surface area contributed by atoms with E-state index in [2.05, 4.69) is 11.7 Å². The fourth-order valence-corrected chi connectivity index (χ4v) is 0.947. The van der Waals surface area contributed by atoms with Gasteiger partial charge in [-0.1, -0.05) is 11.2 Å². The maximum atomic E-state index is 11.2. The molecule has 9 heteroatoms. The number of nitrogens with zero attached hydrogens (tertiary/aromatic N) is 4.